The predicted molar refractivity (Wildman–Crippen MR) is 117 cm³/mol. The Bertz CT molecular complexity index is 1090. The van der Waals surface area contributed by atoms with E-state index < -0.39 is 23.3 Å². The van der Waals surface area contributed by atoms with Gasteiger partial charge in [0, 0.05) is 11.1 Å². The second-order valence-electron chi connectivity index (χ2n) is 8.31. The van der Waals surface area contributed by atoms with Gasteiger partial charge in [0.1, 0.15) is 19.3 Å². The van der Waals surface area contributed by atoms with E-state index in [1.807, 2.05) is 0 Å². The maximum Gasteiger partial charge on any atom is 0.201 e. The largest absolute Gasteiger partial charge is 0.495 e. The Balaban J connectivity index is 1.59. The minimum absolute atomic E-state index is 0.00413. The minimum atomic E-state index is -1.26. The molecule has 33 heavy (non-hydrogen) atoms. The van der Waals surface area contributed by atoms with Crippen LogP contribution in [-0.2, 0) is 17.6 Å². The lowest BCUT2D eigenvalue weighted by Crippen LogP contribution is -2.23. The number of fused-ring (bicyclic) bond motifs is 3. The van der Waals surface area contributed by atoms with Crippen LogP contribution in [0.2, 0.25) is 0 Å². The molecule has 176 valence electrons. The van der Waals surface area contributed by atoms with Crippen LogP contribution in [0.5, 0.6) is 11.5 Å². The van der Waals surface area contributed by atoms with Gasteiger partial charge < -0.3 is 14.2 Å². The van der Waals surface area contributed by atoms with E-state index in [0.29, 0.717) is 24.0 Å². The van der Waals surface area contributed by atoms with Gasteiger partial charge in [0.25, 0.3) is 0 Å². The van der Waals surface area contributed by atoms with E-state index in [4.69, 9.17) is 14.2 Å². The number of benzene rings is 2. The molecule has 0 bridgehead atoms. The average Bonchev–Trinajstić information content (AvgIpc) is 2.82. The predicted octanol–water partition coefficient (Wildman–Crippen LogP) is 6.82. The molecule has 0 fully saturated rings. The van der Waals surface area contributed by atoms with Crippen LogP contribution in [0.4, 0.5) is 17.6 Å². The Morgan fingerprint density at radius 3 is 2.06 bits per heavy atom. The van der Waals surface area contributed by atoms with Crippen molar-refractivity contribution in [3.05, 3.63) is 71.0 Å². The third-order valence-corrected chi connectivity index (χ3v) is 5.99. The fraction of sp³-hybridized carbons (Fsp3) is 0.385. The van der Waals surface area contributed by atoms with Crippen molar-refractivity contribution < 1.29 is 31.8 Å². The molecule has 1 unspecified atom stereocenters. The molecule has 0 saturated carbocycles. The second-order valence-corrected chi connectivity index (χ2v) is 8.31. The fourth-order valence-corrected chi connectivity index (χ4v) is 4.34. The first kappa shape index (κ1) is 23.2. The third-order valence-electron chi connectivity index (χ3n) is 5.99. The quantitative estimate of drug-likeness (QED) is 0.318. The molecule has 0 saturated heterocycles. The van der Waals surface area contributed by atoms with Crippen molar-refractivity contribution in [1.82, 2.24) is 0 Å². The van der Waals surface area contributed by atoms with E-state index in [2.05, 4.69) is 13.5 Å². The van der Waals surface area contributed by atoms with Crippen molar-refractivity contribution in [3.8, 4) is 22.6 Å². The second kappa shape index (κ2) is 9.89. The molecule has 7 heteroatoms. The van der Waals surface area contributed by atoms with Gasteiger partial charge in [0.2, 0.25) is 11.6 Å². The van der Waals surface area contributed by atoms with Crippen molar-refractivity contribution in [2.45, 2.75) is 51.6 Å². The van der Waals surface area contributed by atoms with Gasteiger partial charge in [0.15, 0.2) is 23.1 Å². The van der Waals surface area contributed by atoms with Crippen LogP contribution in [0, 0.1) is 23.3 Å². The average molecular weight is 462 g/mol. The summed E-state index contributed by atoms with van der Waals surface area (Å²) in [7, 11) is 0. The number of hydrogen-bond donors (Lipinski definition) is 0. The van der Waals surface area contributed by atoms with Crippen molar-refractivity contribution >= 4 is 0 Å². The Labute approximate surface area is 190 Å². The Hall–Kier alpha value is -2.96. The van der Waals surface area contributed by atoms with Gasteiger partial charge >= 0.3 is 0 Å². The van der Waals surface area contributed by atoms with E-state index in [1.165, 1.54) is 23.8 Å². The number of hydrogen-bond acceptors (Lipinski definition) is 3. The van der Waals surface area contributed by atoms with E-state index in [1.54, 1.807) is 6.26 Å². The van der Waals surface area contributed by atoms with Crippen molar-refractivity contribution in [3.63, 3.8) is 0 Å². The van der Waals surface area contributed by atoms with Crippen molar-refractivity contribution in [2.75, 3.05) is 13.2 Å². The molecule has 4 rings (SSSR count). The summed E-state index contributed by atoms with van der Waals surface area (Å²) >= 11 is 0. The highest BCUT2D eigenvalue weighted by molar-refractivity contribution is 5.76. The molecular weight excluding hydrogens is 436 g/mol. The molecule has 3 nitrogen and oxygen atoms in total. The number of aryl methyl sites for hydroxylation is 2. The van der Waals surface area contributed by atoms with Crippen LogP contribution in [0.1, 0.15) is 43.7 Å². The number of rotatable bonds is 8. The summed E-state index contributed by atoms with van der Waals surface area (Å²) in [5, 5.41) is 0. The maximum atomic E-state index is 15.1. The highest BCUT2D eigenvalue weighted by Gasteiger charge is 2.31. The molecular formula is C26H26F4O3. The van der Waals surface area contributed by atoms with Crippen LogP contribution in [0.15, 0.2) is 36.6 Å². The summed E-state index contributed by atoms with van der Waals surface area (Å²) in [6.07, 6.45) is 7.14. The number of ether oxygens (including phenoxy) is 3. The zero-order valence-corrected chi connectivity index (χ0v) is 18.5. The smallest absolute Gasteiger partial charge is 0.201 e. The topological polar surface area (TPSA) is 27.7 Å². The zero-order valence-electron chi connectivity index (χ0n) is 18.5. The minimum Gasteiger partial charge on any atom is -0.495 e. The molecule has 0 radical (unpaired) electrons. The molecule has 2 aromatic rings. The summed E-state index contributed by atoms with van der Waals surface area (Å²) in [6, 6.07) is 2.71. The van der Waals surface area contributed by atoms with E-state index >= 15 is 4.39 Å². The van der Waals surface area contributed by atoms with Gasteiger partial charge in [-0.25, -0.2) is 8.78 Å². The van der Waals surface area contributed by atoms with Crippen LogP contribution < -0.4 is 9.47 Å². The van der Waals surface area contributed by atoms with Crippen molar-refractivity contribution in [1.29, 1.82) is 0 Å². The number of allylic oxidation sites excluding steroid dienone is 1. The first-order valence-corrected chi connectivity index (χ1v) is 11.2. The molecule has 1 heterocycles. The van der Waals surface area contributed by atoms with Gasteiger partial charge in [-0.15, -0.1) is 0 Å². The monoisotopic (exact) mass is 462 g/mol. The van der Waals surface area contributed by atoms with E-state index in [-0.39, 0.29) is 41.9 Å². The standard InChI is InChI=1S/C26H26F4O3/c1-3-5-15-6-9-18(32-13-15)14-33-20-12-17-8-7-16-11-19(31-10-4-2)23(27)25(29)21(16)22(17)26(30)24(20)28/h4,11-13,18H,2-3,5-10,14H2,1H3. The molecule has 1 aliphatic heterocycles. The van der Waals surface area contributed by atoms with Gasteiger partial charge in [-0.3, -0.25) is 0 Å². The van der Waals surface area contributed by atoms with Crippen LogP contribution in [0.3, 0.4) is 0 Å². The lowest BCUT2D eigenvalue weighted by molar-refractivity contribution is 0.0673. The fourth-order valence-electron chi connectivity index (χ4n) is 4.34. The van der Waals surface area contributed by atoms with E-state index in [0.717, 1.165) is 25.7 Å². The highest BCUT2D eigenvalue weighted by atomic mass is 19.2. The molecule has 1 atom stereocenters. The summed E-state index contributed by atoms with van der Waals surface area (Å²) in [4.78, 5) is 0. The van der Waals surface area contributed by atoms with Crippen molar-refractivity contribution in [2.24, 2.45) is 0 Å². The Kier molecular flexibility index (Phi) is 6.96. The molecule has 0 N–H and O–H groups in total. The highest BCUT2D eigenvalue weighted by Crippen LogP contribution is 2.43. The van der Waals surface area contributed by atoms with Gasteiger partial charge in [0.05, 0.1) is 6.26 Å². The van der Waals surface area contributed by atoms with Crippen LogP contribution >= 0.6 is 0 Å². The molecule has 0 aromatic heterocycles. The lowest BCUT2D eigenvalue weighted by Gasteiger charge is -2.25. The third kappa shape index (κ3) is 4.59. The normalized spacial score (nSPS) is 16.9. The summed E-state index contributed by atoms with van der Waals surface area (Å²) in [5.41, 5.74) is 1.41. The summed E-state index contributed by atoms with van der Waals surface area (Å²) < 4.78 is 75.8. The molecule has 2 aliphatic rings. The summed E-state index contributed by atoms with van der Waals surface area (Å²) in [5.74, 6) is -5.52. The first-order chi connectivity index (χ1) is 15.9. The van der Waals surface area contributed by atoms with Crippen LogP contribution in [-0.4, -0.2) is 19.3 Å². The first-order valence-electron chi connectivity index (χ1n) is 11.2. The Morgan fingerprint density at radius 2 is 1.55 bits per heavy atom. The van der Waals surface area contributed by atoms with Gasteiger partial charge in [-0.1, -0.05) is 26.0 Å². The SMILES string of the molecule is C=CCOc1cc2c(c(F)c1F)-c1c(cc(OCC3CCC(CCC)=CO3)c(F)c1F)CC2. The zero-order chi connectivity index (χ0) is 23.5. The molecule has 0 amide bonds. The Morgan fingerprint density at radius 1 is 0.939 bits per heavy atom. The maximum absolute atomic E-state index is 15.1. The van der Waals surface area contributed by atoms with Gasteiger partial charge in [-0.2, -0.15) is 8.78 Å². The molecule has 1 aliphatic carbocycles. The molecule has 0 spiro atoms. The molecule has 2 aromatic carbocycles. The lowest BCUT2D eigenvalue weighted by atomic mass is 9.84. The number of halogens is 4. The van der Waals surface area contributed by atoms with E-state index in [9.17, 15) is 13.2 Å². The van der Waals surface area contributed by atoms with Gasteiger partial charge in [-0.05, 0) is 60.9 Å². The summed E-state index contributed by atoms with van der Waals surface area (Å²) in [6.45, 7) is 5.63. The van der Waals surface area contributed by atoms with Crippen LogP contribution in [0.25, 0.3) is 11.1 Å².